The Morgan fingerprint density at radius 1 is 1.00 bits per heavy atom. The van der Waals surface area contributed by atoms with Crippen molar-refractivity contribution in [3.63, 3.8) is 0 Å². The average Bonchev–Trinajstić information content (AvgIpc) is 2.88. The molecule has 6 nitrogen and oxygen atoms in total. The average molecular weight is 559 g/mol. The van der Waals surface area contributed by atoms with Crippen molar-refractivity contribution in [2.45, 2.75) is 98.3 Å². The lowest BCUT2D eigenvalue weighted by Gasteiger charge is -2.36. The fourth-order valence-corrected chi connectivity index (χ4v) is 5.31. The smallest absolute Gasteiger partial charge is 0.316 e. The highest BCUT2D eigenvalue weighted by Crippen LogP contribution is 2.37. The van der Waals surface area contributed by atoms with Crippen molar-refractivity contribution in [3.05, 3.63) is 59.2 Å². The third kappa shape index (κ3) is 9.45. The van der Waals surface area contributed by atoms with Gasteiger partial charge in [0.2, 0.25) is 0 Å². The molecular formula is C32H50O6Si. The number of para-hydroxylation sites is 1. The molecule has 0 amide bonds. The van der Waals surface area contributed by atoms with Crippen LogP contribution in [0.15, 0.2) is 42.5 Å². The van der Waals surface area contributed by atoms with E-state index in [4.69, 9.17) is 18.6 Å². The molecule has 0 saturated carbocycles. The molecule has 0 radical (unpaired) electrons. The summed E-state index contributed by atoms with van der Waals surface area (Å²) in [6.07, 6.45) is 0.323. The summed E-state index contributed by atoms with van der Waals surface area (Å²) in [6.45, 7) is 19.7. The monoisotopic (exact) mass is 558 g/mol. The summed E-state index contributed by atoms with van der Waals surface area (Å²) in [7, 11) is -0.207. The third-order valence-corrected chi connectivity index (χ3v) is 12.7. The number of rotatable bonds is 14. The Labute approximate surface area is 237 Å². The topological polar surface area (TPSA) is 74.2 Å². The van der Waals surface area contributed by atoms with Crippen LogP contribution in [0.5, 0.6) is 11.5 Å². The molecule has 0 aliphatic heterocycles. The Morgan fingerprint density at radius 3 is 2.13 bits per heavy atom. The van der Waals surface area contributed by atoms with Crippen molar-refractivity contribution in [2.24, 2.45) is 11.8 Å². The van der Waals surface area contributed by atoms with E-state index in [9.17, 15) is 9.90 Å². The molecule has 0 unspecified atom stereocenters. The van der Waals surface area contributed by atoms with Crippen molar-refractivity contribution in [1.29, 1.82) is 0 Å². The number of benzene rings is 2. The van der Waals surface area contributed by atoms with Crippen LogP contribution >= 0.6 is 0 Å². The number of hydrogen-bond donors (Lipinski definition) is 1. The highest BCUT2D eigenvalue weighted by molar-refractivity contribution is 6.74. The van der Waals surface area contributed by atoms with Crippen LogP contribution in [0.4, 0.5) is 0 Å². The molecule has 0 bridgehead atoms. The molecule has 0 aromatic heterocycles. The predicted octanol–water partition coefficient (Wildman–Crippen LogP) is 7.24. The first kappa shape index (κ1) is 33.0. The van der Waals surface area contributed by atoms with E-state index >= 15 is 0 Å². The second-order valence-electron chi connectivity index (χ2n) is 12.2. The van der Waals surface area contributed by atoms with Crippen LogP contribution in [0.2, 0.25) is 18.1 Å². The fraction of sp³-hybridized carbons (Fsp3) is 0.594. The van der Waals surface area contributed by atoms with Gasteiger partial charge in [-0.05, 0) is 80.6 Å². The molecule has 0 saturated heterocycles. The molecule has 2 aromatic carbocycles. The van der Waals surface area contributed by atoms with Gasteiger partial charge in [0, 0.05) is 12.5 Å². The lowest BCUT2D eigenvalue weighted by molar-refractivity contribution is -0.145. The lowest BCUT2D eigenvalue weighted by Crippen LogP contribution is -2.41. The van der Waals surface area contributed by atoms with Crippen LogP contribution in [0.3, 0.4) is 0 Å². The van der Waals surface area contributed by atoms with Gasteiger partial charge in [0.25, 0.3) is 0 Å². The zero-order valence-corrected chi connectivity index (χ0v) is 26.7. The predicted molar refractivity (Wildman–Crippen MR) is 160 cm³/mol. The van der Waals surface area contributed by atoms with Crippen LogP contribution in [0.1, 0.15) is 64.2 Å². The fourth-order valence-electron chi connectivity index (χ4n) is 4.22. The van der Waals surface area contributed by atoms with Crippen LogP contribution in [0.25, 0.3) is 0 Å². The van der Waals surface area contributed by atoms with E-state index in [1.54, 1.807) is 14.0 Å². The molecule has 1 N–H and O–H groups in total. The number of ether oxygens (including phenoxy) is 3. The minimum atomic E-state index is -1.85. The summed E-state index contributed by atoms with van der Waals surface area (Å²) >= 11 is 0. The Bertz CT molecular complexity index is 1020. The van der Waals surface area contributed by atoms with Gasteiger partial charge in [-0.25, -0.2) is 0 Å². The molecule has 39 heavy (non-hydrogen) atoms. The quantitative estimate of drug-likeness (QED) is 0.114. The van der Waals surface area contributed by atoms with Gasteiger partial charge < -0.3 is 23.7 Å². The summed E-state index contributed by atoms with van der Waals surface area (Å²) in [5, 5.41) is 11.4. The normalized spacial score (nSPS) is 15.4. The van der Waals surface area contributed by atoms with E-state index in [0.717, 1.165) is 28.9 Å². The minimum absolute atomic E-state index is 0.145. The number of aliphatic hydroxyl groups is 1. The molecule has 0 aliphatic rings. The summed E-state index contributed by atoms with van der Waals surface area (Å²) < 4.78 is 23.8. The van der Waals surface area contributed by atoms with Crippen molar-refractivity contribution in [3.8, 4) is 11.5 Å². The molecule has 2 aromatic rings. The second-order valence-corrected chi connectivity index (χ2v) is 17.0. The number of aryl methyl sites for hydroxylation is 2. The van der Waals surface area contributed by atoms with Crippen molar-refractivity contribution < 1.29 is 28.5 Å². The molecule has 0 heterocycles. The van der Waals surface area contributed by atoms with E-state index in [0.29, 0.717) is 25.4 Å². The van der Waals surface area contributed by atoms with Gasteiger partial charge in [-0.15, -0.1) is 0 Å². The van der Waals surface area contributed by atoms with E-state index in [-0.39, 0.29) is 17.1 Å². The SMILES string of the molecule is COc1ccc(CO[C@H](CCCO[Si](C)(C)C(C)(C)C)[C@H](C)[C@@H](O)[C@@H](C)C(=O)Oc2c(C)cccc2C)cc1. The van der Waals surface area contributed by atoms with Gasteiger partial charge in [0.1, 0.15) is 11.5 Å². The molecule has 0 aliphatic carbocycles. The lowest BCUT2D eigenvalue weighted by atomic mass is 9.87. The Balaban J connectivity index is 2.10. The minimum Gasteiger partial charge on any atom is -0.497 e. The molecule has 7 heteroatoms. The van der Waals surface area contributed by atoms with E-state index in [1.165, 1.54) is 0 Å². The number of carbonyl (C=O) groups excluding carboxylic acids is 1. The van der Waals surface area contributed by atoms with Crippen molar-refractivity contribution in [2.75, 3.05) is 13.7 Å². The number of carbonyl (C=O) groups is 1. The first-order valence-corrected chi connectivity index (χ1v) is 16.9. The Morgan fingerprint density at radius 2 is 1.59 bits per heavy atom. The largest absolute Gasteiger partial charge is 0.497 e. The second kappa shape index (κ2) is 14.4. The Hall–Kier alpha value is -2.19. The number of hydrogen-bond acceptors (Lipinski definition) is 6. The van der Waals surface area contributed by atoms with Crippen LogP contribution < -0.4 is 9.47 Å². The maximum atomic E-state index is 13.0. The number of esters is 1. The Kier molecular flexibility index (Phi) is 12.2. The first-order valence-electron chi connectivity index (χ1n) is 14.0. The first-order chi connectivity index (χ1) is 18.2. The number of methoxy groups -OCH3 is 1. The van der Waals surface area contributed by atoms with Gasteiger partial charge in [-0.3, -0.25) is 4.79 Å². The van der Waals surface area contributed by atoms with Gasteiger partial charge in [-0.2, -0.15) is 0 Å². The van der Waals surface area contributed by atoms with Gasteiger partial charge in [0.15, 0.2) is 8.32 Å². The summed E-state index contributed by atoms with van der Waals surface area (Å²) in [6, 6.07) is 13.5. The zero-order valence-electron chi connectivity index (χ0n) is 25.7. The maximum Gasteiger partial charge on any atom is 0.316 e. The molecule has 0 fully saturated rings. The van der Waals surface area contributed by atoms with Gasteiger partial charge >= 0.3 is 5.97 Å². The van der Waals surface area contributed by atoms with Crippen LogP contribution in [0, 0.1) is 25.7 Å². The molecule has 4 atom stereocenters. The summed E-state index contributed by atoms with van der Waals surface area (Å²) in [5.41, 5.74) is 2.79. The molecule has 0 spiro atoms. The zero-order chi connectivity index (χ0) is 29.4. The highest BCUT2D eigenvalue weighted by atomic mass is 28.4. The maximum absolute atomic E-state index is 13.0. The van der Waals surface area contributed by atoms with Crippen molar-refractivity contribution in [1.82, 2.24) is 0 Å². The van der Waals surface area contributed by atoms with E-state index in [2.05, 4.69) is 33.9 Å². The van der Waals surface area contributed by atoms with Crippen molar-refractivity contribution >= 4 is 14.3 Å². The van der Waals surface area contributed by atoms with E-state index in [1.807, 2.05) is 63.2 Å². The van der Waals surface area contributed by atoms with Crippen LogP contribution in [-0.2, 0) is 20.6 Å². The highest BCUT2D eigenvalue weighted by Gasteiger charge is 2.37. The molecule has 218 valence electrons. The van der Waals surface area contributed by atoms with Crippen LogP contribution in [-0.4, -0.2) is 45.3 Å². The summed E-state index contributed by atoms with van der Waals surface area (Å²) in [4.78, 5) is 13.0. The standard InChI is InChI=1S/C32H50O6Si/c1-22-13-11-14-23(2)30(22)38-31(34)25(4)29(33)24(3)28(15-12-20-37-39(9,10)32(5,6)7)36-21-26-16-18-27(35-8)19-17-26/h11,13-14,16-19,24-25,28-29,33H,12,15,20-21H2,1-10H3/t24-,25+,28+,29+/m0/s1. The molecular weight excluding hydrogens is 508 g/mol. The third-order valence-electron chi connectivity index (χ3n) is 8.15. The van der Waals surface area contributed by atoms with Gasteiger partial charge in [-0.1, -0.05) is 58.0 Å². The molecule has 2 rings (SSSR count). The van der Waals surface area contributed by atoms with E-state index < -0.39 is 26.3 Å². The summed E-state index contributed by atoms with van der Waals surface area (Å²) in [5.74, 6) is -0.101. The van der Waals surface area contributed by atoms with Gasteiger partial charge in [0.05, 0.1) is 31.8 Å². The number of aliphatic hydroxyl groups excluding tert-OH is 1.